The molecule has 2 saturated carbocycles. The Bertz CT molecular complexity index is 2590. The first-order valence-corrected chi connectivity index (χ1v) is 28.8. The molecule has 6 rings (SSSR count). The fourth-order valence-corrected chi connectivity index (χ4v) is 11.8. The topological polar surface area (TPSA) is 280 Å². The number of carbonyl (C=O) groups excluding carboxylic acids is 3. The normalized spacial score (nSPS) is 20.3. The van der Waals surface area contributed by atoms with Crippen molar-refractivity contribution in [3.63, 3.8) is 0 Å². The summed E-state index contributed by atoms with van der Waals surface area (Å²) in [5.74, 6) is -2.43. The molecule has 23 heteroatoms. The number of nitrogens with zero attached hydrogens (tertiary/aromatic N) is 8. The molecule has 2 aliphatic carbocycles. The summed E-state index contributed by atoms with van der Waals surface area (Å²) < 4.78 is 13.4. The zero-order valence-electron chi connectivity index (χ0n) is 49.4. The number of nitrogens with one attached hydrogen (secondary N) is 2. The van der Waals surface area contributed by atoms with Crippen LogP contribution in [-0.4, -0.2) is 240 Å². The fraction of sp³-hybridized carbons (Fsp3) is 0.627. The number of carbonyl (C=O) groups is 7. The summed E-state index contributed by atoms with van der Waals surface area (Å²) in [7, 11) is 7.07. The molecule has 2 heterocycles. The number of hydrogen-bond donors (Lipinski definition) is 6. The molecule has 2 bridgehead atoms. The number of amides is 3. The predicted molar refractivity (Wildman–Crippen MR) is 310 cm³/mol. The minimum Gasteiger partial charge on any atom is -0.496 e. The molecule has 1 aromatic heterocycles. The number of ether oxygens (including phenoxy) is 2. The van der Waals surface area contributed by atoms with Gasteiger partial charge in [0.1, 0.15) is 17.0 Å². The molecule has 4 unspecified atom stereocenters. The fourth-order valence-electron chi connectivity index (χ4n) is 11.8. The van der Waals surface area contributed by atoms with Crippen molar-refractivity contribution < 1.29 is 63.5 Å². The number of fused-ring (bicyclic) bond motifs is 2. The third-order valence-electron chi connectivity index (χ3n) is 16.3. The van der Waals surface area contributed by atoms with Crippen LogP contribution >= 0.6 is 0 Å². The van der Waals surface area contributed by atoms with Gasteiger partial charge >= 0.3 is 17.9 Å². The van der Waals surface area contributed by atoms with E-state index >= 15 is 0 Å². The van der Waals surface area contributed by atoms with Gasteiger partial charge in [-0.3, -0.25) is 43.5 Å². The summed E-state index contributed by atoms with van der Waals surface area (Å²) in [4.78, 5) is 99.7. The van der Waals surface area contributed by atoms with Crippen molar-refractivity contribution in [2.24, 2.45) is 17.8 Å². The van der Waals surface area contributed by atoms with Gasteiger partial charge in [0.05, 0.1) is 50.8 Å². The summed E-state index contributed by atoms with van der Waals surface area (Å²) in [6.45, 7) is 14.4. The minimum atomic E-state index is -1.43. The lowest BCUT2D eigenvalue weighted by Crippen LogP contribution is -2.62. The SMILES string of the molecule is CCC1CC2CCC(NC(=O)c3cc(-c4c(OC)cccc4OC)n(-c4ccc(C(=O)N(CCCNC(=O)CN5CCN(CC)CCN(CC(=O)O)CCN(CC(=O)O)CC5)CCCN(C)C)cc4C(C)C)n3)(C(=O)O)C(C1)C2.O=CO. The van der Waals surface area contributed by atoms with Crippen LogP contribution in [0.5, 0.6) is 11.5 Å². The van der Waals surface area contributed by atoms with Crippen molar-refractivity contribution in [2.45, 2.75) is 90.5 Å². The van der Waals surface area contributed by atoms with Crippen molar-refractivity contribution in [1.29, 1.82) is 0 Å². The number of aliphatic carboxylic acids is 3. The second kappa shape index (κ2) is 32.3. The van der Waals surface area contributed by atoms with E-state index in [2.05, 4.69) is 27.4 Å². The summed E-state index contributed by atoms with van der Waals surface area (Å²) in [5.41, 5.74) is 1.45. The molecule has 82 heavy (non-hydrogen) atoms. The van der Waals surface area contributed by atoms with E-state index in [1.807, 2.05) is 61.7 Å². The van der Waals surface area contributed by atoms with Crippen LogP contribution in [-0.2, 0) is 24.0 Å². The lowest BCUT2D eigenvalue weighted by Gasteiger charge is -2.49. The standard InChI is InChI=1S/C58H88N10O11.CH2O2/c1-9-41-32-42-18-19-58(57(76)77,44(33-41)34-42)60-55(74)46-36-48(54-49(78-7)14-11-15-50(54)79-8)68(61-46)47-17-16-43(35-45(47)40(3)4)56(75)67(23-13-21-62(5)6)22-12-20-59-51(69)37-64-26-24-63(10-2)25-27-65(38-52(70)71)30-31-66(29-28-64)39-53(72)73;2-1-3/h11,14-17,35-36,40-42,44H,9-10,12-13,18-34,37-39H2,1-8H3,(H,59,69)(H,60,74)(H,70,71)(H,72,73)(H,76,77);1H,(H,2,3). The number of likely N-dealkylation sites (N-methyl/N-ethyl adjacent to an activating group) is 1. The Morgan fingerprint density at radius 2 is 1.35 bits per heavy atom. The highest BCUT2D eigenvalue weighted by Crippen LogP contribution is 2.49. The Morgan fingerprint density at radius 1 is 0.780 bits per heavy atom. The minimum absolute atomic E-state index is 0.0270. The molecule has 3 amide bonds. The van der Waals surface area contributed by atoms with Crippen molar-refractivity contribution in [3.05, 3.63) is 59.3 Å². The molecule has 23 nitrogen and oxygen atoms in total. The molecular weight excluding hydrogens is 1060 g/mol. The quantitative estimate of drug-likeness (QED) is 0.0504. The molecule has 0 spiro atoms. The Hall–Kier alpha value is -6.66. The molecule has 3 aromatic rings. The van der Waals surface area contributed by atoms with E-state index in [-0.39, 0.29) is 55.5 Å². The average Bonchev–Trinajstić information content (AvgIpc) is 3.92. The molecule has 1 saturated heterocycles. The summed E-state index contributed by atoms with van der Waals surface area (Å²) in [6, 6.07) is 12.5. The zero-order valence-corrected chi connectivity index (χ0v) is 49.4. The molecule has 3 aliphatic rings. The van der Waals surface area contributed by atoms with Gasteiger partial charge in [-0.15, -0.1) is 0 Å². The van der Waals surface area contributed by atoms with Crippen LogP contribution in [0.3, 0.4) is 0 Å². The van der Waals surface area contributed by atoms with Gasteiger partial charge in [-0.1, -0.05) is 40.2 Å². The maximum atomic E-state index is 14.7. The molecule has 454 valence electrons. The number of hydrogen-bond acceptors (Lipinski definition) is 15. The molecule has 0 radical (unpaired) electrons. The maximum absolute atomic E-state index is 14.7. The van der Waals surface area contributed by atoms with Gasteiger partial charge in [-0.05, 0) is 138 Å². The van der Waals surface area contributed by atoms with Crippen LogP contribution in [0.15, 0.2) is 42.5 Å². The van der Waals surface area contributed by atoms with Crippen molar-refractivity contribution >= 4 is 42.1 Å². The third-order valence-corrected chi connectivity index (χ3v) is 16.3. The first-order chi connectivity index (χ1) is 39.2. The number of aromatic nitrogens is 2. The van der Waals surface area contributed by atoms with Crippen LogP contribution in [0.4, 0.5) is 0 Å². The molecule has 4 atom stereocenters. The van der Waals surface area contributed by atoms with Gasteiger partial charge in [0, 0.05) is 77.6 Å². The second-order valence-electron chi connectivity index (χ2n) is 22.4. The Kier molecular flexibility index (Phi) is 26.0. The number of carboxylic acids is 3. The number of benzene rings is 2. The molecule has 6 N–H and O–H groups in total. The van der Waals surface area contributed by atoms with E-state index in [0.717, 1.165) is 50.8 Å². The van der Waals surface area contributed by atoms with Crippen LogP contribution in [0.2, 0.25) is 0 Å². The van der Waals surface area contributed by atoms with Crippen molar-refractivity contribution in [1.82, 2.24) is 49.8 Å². The van der Waals surface area contributed by atoms with E-state index in [1.165, 1.54) is 0 Å². The second-order valence-corrected chi connectivity index (χ2v) is 22.4. The Balaban J connectivity index is 0.00000402. The Labute approximate surface area is 482 Å². The van der Waals surface area contributed by atoms with Gasteiger partial charge in [0.15, 0.2) is 5.69 Å². The van der Waals surface area contributed by atoms with Crippen LogP contribution in [0.1, 0.15) is 111 Å². The first kappa shape index (κ1) is 66.1. The highest BCUT2D eigenvalue weighted by Gasteiger charge is 2.53. The smallest absolute Gasteiger partial charge is 0.329 e. The summed E-state index contributed by atoms with van der Waals surface area (Å²) in [6.07, 6.45) is 5.82. The van der Waals surface area contributed by atoms with Gasteiger partial charge in [0.25, 0.3) is 18.3 Å². The number of carboxylic acid groups (broad SMARTS) is 4. The highest BCUT2D eigenvalue weighted by molar-refractivity contribution is 5.98. The summed E-state index contributed by atoms with van der Waals surface area (Å²) in [5, 5.41) is 47.9. The van der Waals surface area contributed by atoms with E-state index in [4.69, 9.17) is 24.5 Å². The monoisotopic (exact) mass is 1150 g/mol. The van der Waals surface area contributed by atoms with Crippen LogP contribution in [0, 0.1) is 17.8 Å². The third kappa shape index (κ3) is 18.4. The van der Waals surface area contributed by atoms with Gasteiger partial charge in [-0.2, -0.15) is 5.10 Å². The predicted octanol–water partition coefficient (Wildman–Crippen LogP) is 4.48. The number of methoxy groups -OCH3 is 2. The van der Waals surface area contributed by atoms with E-state index in [9.17, 15) is 44.1 Å². The van der Waals surface area contributed by atoms with Crippen molar-refractivity contribution in [2.75, 3.05) is 133 Å². The van der Waals surface area contributed by atoms with E-state index in [0.29, 0.717) is 137 Å². The Morgan fingerprint density at radius 3 is 1.88 bits per heavy atom. The highest BCUT2D eigenvalue weighted by atomic mass is 16.5. The van der Waals surface area contributed by atoms with Crippen LogP contribution in [0.25, 0.3) is 16.9 Å². The average molecular weight is 1150 g/mol. The number of rotatable bonds is 25. The maximum Gasteiger partial charge on any atom is 0.329 e. The lowest BCUT2D eigenvalue weighted by atomic mass is 9.59. The molecule has 3 fully saturated rings. The van der Waals surface area contributed by atoms with Crippen molar-refractivity contribution in [3.8, 4) is 28.4 Å². The molecular formula is C59H90N10O13. The van der Waals surface area contributed by atoms with Gasteiger partial charge < -0.3 is 55.2 Å². The molecule has 1 aliphatic heterocycles. The van der Waals surface area contributed by atoms with Gasteiger partial charge in [-0.25, -0.2) is 9.48 Å². The van der Waals surface area contributed by atoms with E-state index in [1.54, 1.807) is 54.1 Å². The lowest BCUT2D eigenvalue weighted by molar-refractivity contribution is -0.151. The van der Waals surface area contributed by atoms with E-state index < -0.39 is 29.4 Å². The van der Waals surface area contributed by atoms with Gasteiger partial charge in [0.2, 0.25) is 5.91 Å². The largest absolute Gasteiger partial charge is 0.496 e. The molecule has 2 aromatic carbocycles. The zero-order chi connectivity index (χ0) is 60.1. The van der Waals surface area contributed by atoms with Crippen LogP contribution < -0.4 is 20.1 Å². The summed E-state index contributed by atoms with van der Waals surface area (Å²) >= 11 is 0. The first-order valence-electron chi connectivity index (χ1n) is 28.8.